The third-order valence-corrected chi connectivity index (χ3v) is 3.65. The van der Waals surface area contributed by atoms with Gasteiger partial charge in [0.1, 0.15) is 17.5 Å². The van der Waals surface area contributed by atoms with Crippen LogP contribution in [0.5, 0.6) is 0 Å². The van der Waals surface area contributed by atoms with E-state index in [4.69, 9.17) is 4.42 Å². The molecular formula is C18H11NO3. The molecule has 1 aliphatic heterocycles. The van der Waals surface area contributed by atoms with Crippen molar-refractivity contribution in [3.05, 3.63) is 87.9 Å². The van der Waals surface area contributed by atoms with Gasteiger partial charge in [-0.2, -0.15) is 0 Å². The second-order valence-electron chi connectivity index (χ2n) is 5.04. The van der Waals surface area contributed by atoms with Crippen LogP contribution in [0.3, 0.4) is 0 Å². The molecular weight excluding hydrogens is 278 g/mol. The van der Waals surface area contributed by atoms with Gasteiger partial charge in [0.15, 0.2) is 0 Å². The Balaban J connectivity index is 1.78. The summed E-state index contributed by atoms with van der Waals surface area (Å²) in [5.41, 5.74) is 2.37. The minimum atomic E-state index is -0.139. The van der Waals surface area contributed by atoms with E-state index in [-0.39, 0.29) is 11.2 Å². The number of hydrogen-bond donors (Lipinski definition) is 1. The van der Waals surface area contributed by atoms with Crippen molar-refractivity contribution in [2.75, 3.05) is 0 Å². The molecule has 0 saturated heterocycles. The summed E-state index contributed by atoms with van der Waals surface area (Å²) in [4.78, 5) is 24.8. The highest BCUT2D eigenvalue weighted by Crippen LogP contribution is 2.28. The molecule has 106 valence electrons. The van der Waals surface area contributed by atoms with Crippen LogP contribution in [0.4, 0.5) is 0 Å². The summed E-state index contributed by atoms with van der Waals surface area (Å²) < 4.78 is 5.47. The molecule has 4 rings (SSSR count). The van der Waals surface area contributed by atoms with E-state index in [9.17, 15) is 9.59 Å². The highest BCUT2D eigenvalue weighted by Gasteiger charge is 2.32. The first kappa shape index (κ1) is 12.6. The van der Waals surface area contributed by atoms with Crippen LogP contribution >= 0.6 is 0 Å². The van der Waals surface area contributed by atoms with Gasteiger partial charge in [0.25, 0.3) is 0 Å². The first-order valence-corrected chi connectivity index (χ1v) is 6.87. The van der Waals surface area contributed by atoms with E-state index in [2.05, 4.69) is 5.32 Å². The maximum absolute atomic E-state index is 12.5. The van der Waals surface area contributed by atoms with E-state index < -0.39 is 0 Å². The van der Waals surface area contributed by atoms with Crippen LogP contribution in [0.25, 0.3) is 16.7 Å². The molecule has 0 unspecified atom stereocenters. The van der Waals surface area contributed by atoms with Crippen molar-refractivity contribution in [2.45, 2.75) is 0 Å². The molecule has 4 nitrogen and oxygen atoms in total. The molecule has 0 fully saturated rings. The lowest BCUT2D eigenvalue weighted by molar-refractivity contribution is 0.103. The third-order valence-electron chi connectivity index (χ3n) is 3.65. The first-order chi connectivity index (χ1) is 10.8. The summed E-state index contributed by atoms with van der Waals surface area (Å²) in [5.74, 6) is -0.122. The number of hydrogen-bond acceptors (Lipinski definition) is 4. The summed E-state index contributed by atoms with van der Waals surface area (Å²) in [6.45, 7) is 0. The monoisotopic (exact) mass is 289 g/mol. The van der Waals surface area contributed by atoms with Gasteiger partial charge in [-0.05, 0) is 12.1 Å². The van der Waals surface area contributed by atoms with E-state index in [1.54, 1.807) is 42.5 Å². The lowest BCUT2D eigenvalue weighted by Gasteiger charge is -1.97. The van der Waals surface area contributed by atoms with E-state index in [0.717, 1.165) is 0 Å². The number of rotatable bonds is 3. The SMILES string of the molecule is O=C(C1=C(c2coc3ccccc3c2=O)N1)c1ccccc1. The molecule has 2 aromatic carbocycles. The van der Waals surface area contributed by atoms with Crippen molar-refractivity contribution in [1.82, 2.24) is 5.32 Å². The third kappa shape index (κ3) is 1.93. The predicted octanol–water partition coefficient (Wildman–Crippen LogP) is 2.95. The quantitative estimate of drug-likeness (QED) is 0.753. The summed E-state index contributed by atoms with van der Waals surface area (Å²) in [6, 6.07) is 16.0. The van der Waals surface area contributed by atoms with Gasteiger partial charge in [0.05, 0.1) is 16.6 Å². The average molecular weight is 289 g/mol. The fourth-order valence-corrected chi connectivity index (χ4v) is 2.45. The molecule has 1 aromatic heterocycles. The van der Waals surface area contributed by atoms with Gasteiger partial charge >= 0.3 is 0 Å². The normalized spacial score (nSPS) is 13.1. The summed E-state index contributed by atoms with van der Waals surface area (Å²) >= 11 is 0. The topological polar surface area (TPSA) is 69.2 Å². The van der Waals surface area contributed by atoms with Crippen molar-refractivity contribution in [3.8, 4) is 0 Å². The summed E-state index contributed by atoms with van der Waals surface area (Å²) in [7, 11) is 0. The van der Waals surface area contributed by atoms with Crippen molar-refractivity contribution in [3.63, 3.8) is 0 Å². The van der Waals surface area contributed by atoms with Crippen LogP contribution < -0.4 is 10.7 Å². The maximum atomic E-state index is 12.5. The molecule has 3 aromatic rings. The van der Waals surface area contributed by atoms with Crippen LogP contribution in [-0.4, -0.2) is 5.78 Å². The van der Waals surface area contributed by atoms with Gasteiger partial charge < -0.3 is 9.73 Å². The maximum Gasteiger partial charge on any atom is 0.211 e. The van der Waals surface area contributed by atoms with Crippen molar-refractivity contribution in [2.24, 2.45) is 0 Å². The van der Waals surface area contributed by atoms with Gasteiger partial charge in [0, 0.05) is 5.56 Å². The molecule has 1 aliphatic rings. The molecule has 1 N–H and O–H groups in total. The van der Waals surface area contributed by atoms with Gasteiger partial charge in [0.2, 0.25) is 11.2 Å². The van der Waals surface area contributed by atoms with Crippen molar-refractivity contribution in [1.29, 1.82) is 0 Å². The van der Waals surface area contributed by atoms with Crippen LogP contribution in [0.2, 0.25) is 0 Å². The molecule has 22 heavy (non-hydrogen) atoms. The average Bonchev–Trinajstić information content (AvgIpc) is 3.36. The zero-order chi connectivity index (χ0) is 15.1. The number of ketones is 1. The summed E-state index contributed by atoms with van der Waals surface area (Å²) in [5, 5.41) is 3.42. The lowest BCUT2D eigenvalue weighted by atomic mass is 10.1. The van der Waals surface area contributed by atoms with Crippen LogP contribution in [0, 0.1) is 0 Å². The molecule has 0 amide bonds. The van der Waals surface area contributed by atoms with E-state index in [1.165, 1.54) is 6.26 Å². The van der Waals surface area contributed by atoms with Crippen LogP contribution in [-0.2, 0) is 0 Å². The molecule has 4 heteroatoms. The Morgan fingerprint density at radius 2 is 1.68 bits per heavy atom. The minimum Gasteiger partial charge on any atom is -0.463 e. The van der Waals surface area contributed by atoms with Gasteiger partial charge in [-0.15, -0.1) is 0 Å². The molecule has 0 spiro atoms. The first-order valence-electron chi connectivity index (χ1n) is 6.87. The number of para-hydroxylation sites is 1. The zero-order valence-electron chi connectivity index (χ0n) is 11.5. The zero-order valence-corrected chi connectivity index (χ0v) is 11.5. The molecule has 0 bridgehead atoms. The number of benzene rings is 2. The van der Waals surface area contributed by atoms with Gasteiger partial charge in [-0.25, -0.2) is 0 Å². The fourth-order valence-electron chi connectivity index (χ4n) is 2.45. The molecule has 0 atom stereocenters. The Kier molecular flexibility index (Phi) is 2.69. The smallest absolute Gasteiger partial charge is 0.211 e. The van der Waals surface area contributed by atoms with Crippen molar-refractivity contribution < 1.29 is 9.21 Å². The number of carbonyl (C=O) groups excluding carboxylic acids is 1. The standard InChI is InChI=1S/C18H11NO3/c20-17(11-6-2-1-3-7-11)16-15(19-16)13-10-22-14-9-5-4-8-12(14)18(13)21/h1-10,19H. The van der Waals surface area contributed by atoms with E-state index in [0.29, 0.717) is 33.5 Å². The number of nitrogens with one attached hydrogen (secondary N) is 1. The Bertz CT molecular complexity index is 984. The molecule has 2 heterocycles. The molecule has 0 radical (unpaired) electrons. The van der Waals surface area contributed by atoms with Gasteiger partial charge in [-0.1, -0.05) is 42.5 Å². The van der Waals surface area contributed by atoms with E-state index >= 15 is 0 Å². The second kappa shape index (κ2) is 4.70. The van der Waals surface area contributed by atoms with Crippen LogP contribution in [0.15, 0.2) is 75.8 Å². The molecule has 0 aliphatic carbocycles. The Morgan fingerprint density at radius 3 is 2.50 bits per heavy atom. The minimum absolute atomic E-state index is 0.122. The fraction of sp³-hybridized carbons (Fsp3) is 0. The number of fused-ring (bicyclic) bond motifs is 1. The summed E-state index contributed by atoms with van der Waals surface area (Å²) in [6.07, 6.45) is 1.40. The highest BCUT2D eigenvalue weighted by molar-refractivity contribution is 6.18. The Hall–Kier alpha value is -3.14. The van der Waals surface area contributed by atoms with Crippen molar-refractivity contribution >= 4 is 22.4 Å². The van der Waals surface area contributed by atoms with Gasteiger partial charge in [-0.3, -0.25) is 9.59 Å². The largest absolute Gasteiger partial charge is 0.463 e. The predicted molar refractivity (Wildman–Crippen MR) is 83.3 cm³/mol. The highest BCUT2D eigenvalue weighted by atomic mass is 16.3. The Morgan fingerprint density at radius 1 is 0.955 bits per heavy atom. The van der Waals surface area contributed by atoms with Crippen LogP contribution in [0.1, 0.15) is 15.9 Å². The number of Topliss-reactive ketones (excluding diaryl/α,β-unsaturated/α-hetero) is 1. The second-order valence-corrected chi connectivity index (χ2v) is 5.04. The number of carbonyl (C=O) groups is 1. The molecule has 0 saturated carbocycles. The Labute approximate surface area is 125 Å². The van der Waals surface area contributed by atoms with E-state index in [1.807, 2.05) is 12.1 Å². The lowest BCUT2D eigenvalue weighted by Crippen LogP contribution is -2.06. The number of allylic oxidation sites excluding steroid dienone is 1.